The second kappa shape index (κ2) is 8.82. The summed E-state index contributed by atoms with van der Waals surface area (Å²) in [5, 5.41) is 10.5. The molecule has 1 heterocycles. The van der Waals surface area contributed by atoms with Crippen LogP contribution in [-0.4, -0.2) is 36.5 Å². The van der Waals surface area contributed by atoms with Crippen LogP contribution in [0.1, 0.15) is 42.2 Å². The van der Waals surface area contributed by atoms with Gasteiger partial charge in [0.15, 0.2) is 11.5 Å². The van der Waals surface area contributed by atoms with Crippen molar-refractivity contribution in [1.29, 1.82) is 0 Å². The second-order valence-electron chi connectivity index (χ2n) is 6.66. The quantitative estimate of drug-likeness (QED) is 0.700. The SMILES string of the molecule is CCOC(=O)c1ccc(N2C(=O)C(O)=C(C(=O)CC)C2c2cccc(OC)c2)cc1. The highest BCUT2D eigenvalue weighted by molar-refractivity contribution is 6.16. The van der Waals surface area contributed by atoms with Gasteiger partial charge in [0, 0.05) is 12.1 Å². The Kier molecular flexibility index (Phi) is 6.20. The van der Waals surface area contributed by atoms with Gasteiger partial charge in [-0.05, 0) is 48.9 Å². The number of amides is 1. The van der Waals surface area contributed by atoms with Crippen LogP contribution in [0.3, 0.4) is 0 Å². The number of nitrogens with zero attached hydrogens (tertiary/aromatic N) is 1. The summed E-state index contributed by atoms with van der Waals surface area (Å²) < 4.78 is 10.3. The average molecular weight is 409 g/mol. The zero-order valence-electron chi connectivity index (χ0n) is 17.0. The number of esters is 1. The fourth-order valence-corrected chi connectivity index (χ4v) is 3.45. The minimum Gasteiger partial charge on any atom is -0.503 e. The minimum absolute atomic E-state index is 0.0465. The topological polar surface area (TPSA) is 93.1 Å². The predicted molar refractivity (Wildman–Crippen MR) is 111 cm³/mol. The van der Waals surface area contributed by atoms with Gasteiger partial charge < -0.3 is 14.6 Å². The first-order valence-corrected chi connectivity index (χ1v) is 9.63. The Morgan fingerprint density at radius 3 is 2.40 bits per heavy atom. The first-order valence-electron chi connectivity index (χ1n) is 9.63. The Bertz CT molecular complexity index is 1010. The third-order valence-corrected chi connectivity index (χ3v) is 4.90. The smallest absolute Gasteiger partial charge is 0.338 e. The monoisotopic (exact) mass is 409 g/mol. The number of carbonyl (C=O) groups is 3. The first-order chi connectivity index (χ1) is 14.4. The van der Waals surface area contributed by atoms with Crippen molar-refractivity contribution in [1.82, 2.24) is 0 Å². The number of hydrogen-bond donors (Lipinski definition) is 1. The number of hydrogen-bond acceptors (Lipinski definition) is 6. The average Bonchev–Trinajstić information content (AvgIpc) is 3.04. The lowest BCUT2D eigenvalue weighted by Gasteiger charge is -2.27. The molecule has 1 aliphatic heterocycles. The Labute approximate surface area is 174 Å². The molecule has 1 N–H and O–H groups in total. The molecule has 156 valence electrons. The molecule has 30 heavy (non-hydrogen) atoms. The molecule has 0 bridgehead atoms. The van der Waals surface area contributed by atoms with Crippen LogP contribution >= 0.6 is 0 Å². The lowest BCUT2D eigenvalue weighted by Crippen LogP contribution is -2.31. The highest BCUT2D eigenvalue weighted by atomic mass is 16.5. The number of ether oxygens (including phenoxy) is 2. The Balaban J connectivity index is 2.09. The van der Waals surface area contributed by atoms with E-state index in [9.17, 15) is 19.5 Å². The molecule has 1 aliphatic rings. The van der Waals surface area contributed by atoms with Gasteiger partial charge in [-0.3, -0.25) is 14.5 Å². The summed E-state index contributed by atoms with van der Waals surface area (Å²) >= 11 is 0. The number of anilines is 1. The summed E-state index contributed by atoms with van der Waals surface area (Å²) in [6, 6.07) is 12.4. The largest absolute Gasteiger partial charge is 0.503 e. The molecule has 0 fully saturated rings. The zero-order valence-corrected chi connectivity index (χ0v) is 17.0. The fourth-order valence-electron chi connectivity index (χ4n) is 3.45. The Hall–Kier alpha value is -3.61. The van der Waals surface area contributed by atoms with E-state index in [4.69, 9.17) is 9.47 Å². The molecule has 7 heteroatoms. The standard InChI is InChI=1S/C23H23NO6/c1-4-18(25)19-20(15-7-6-8-17(13-15)29-3)24(22(27)21(19)26)16-11-9-14(10-12-16)23(28)30-5-2/h6-13,20,26H,4-5H2,1-3H3. The molecular formula is C23H23NO6. The van der Waals surface area contributed by atoms with Gasteiger partial charge in [0.25, 0.3) is 5.91 Å². The van der Waals surface area contributed by atoms with Gasteiger partial charge in [-0.15, -0.1) is 0 Å². The number of benzene rings is 2. The van der Waals surface area contributed by atoms with Crippen LogP contribution in [0.4, 0.5) is 5.69 Å². The molecule has 3 rings (SSSR count). The highest BCUT2D eigenvalue weighted by Crippen LogP contribution is 2.42. The molecule has 0 aliphatic carbocycles. The van der Waals surface area contributed by atoms with E-state index in [0.29, 0.717) is 22.6 Å². The maximum Gasteiger partial charge on any atom is 0.338 e. The van der Waals surface area contributed by atoms with E-state index in [1.165, 1.54) is 12.0 Å². The lowest BCUT2D eigenvalue weighted by molar-refractivity contribution is -0.118. The number of methoxy groups -OCH3 is 1. The Morgan fingerprint density at radius 2 is 1.80 bits per heavy atom. The van der Waals surface area contributed by atoms with Gasteiger partial charge in [0.2, 0.25) is 0 Å². The van der Waals surface area contributed by atoms with Gasteiger partial charge in [-0.25, -0.2) is 4.79 Å². The van der Waals surface area contributed by atoms with Gasteiger partial charge in [-0.1, -0.05) is 19.1 Å². The summed E-state index contributed by atoms with van der Waals surface area (Å²) in [5.74, 6) is -1.47. The molecule has 0 spiro atoms. The van der Waals surface area contributed by atoms with E-state index >= 15 is 0 Å². The number of rotatable bonds is 7. The van der Waals surface area contributed by atoms with E-state index in [0.717, 1.165) is 0 Å². The molecule has 0 saturated heterocycles. The van der Waals surface area contributed by atoms with Crippen LogP contribution < -0.4 is 9.64 Å². The zero-order chi connectivity index (χ0) is 21.8. The third-order valence-electron chi connectivity index (χ3n) is 4.90. The molecule has 0 saturated carbocycles. The molecule has 2 aromatic rings. The van der Waals surface area contributed by atoms with Gasteiger partial charge in [0.05, 0.1) is 30.9 Å². The van der Waals surface area contributed by atoms with E-state index in [2.05, 4.69) is 0 Å². The van der Waals surface area contributed by atoms with E-state index < -0.39 is 23.7 Å². The van der Waals surface area contributed by atoms with E-state index in [1.54, 1.807) is 62.4 Å². The summed E-state index contributed by atoms with van der Waals surface area (Å²) in [5.41, 5.74) is 1.45. The van der Waals surface area contributed by atoms with Crippen LogP contribution in [0.5, 0.6) is 5.75 Å². The molecule has 1 amide bonds. The van der Waals surface area contributed by atoms with Crippen molar-refractivity contribution >= 4 is 23.3 Å². The number of aliphatic hydroxyl groups excluding tert-OH is 1. The van der Waals surface area contributed by atoms with Crippen molar-refractivity contribution < 1.29 is 29.0 Å². The van der Waals surface area contributed by atoms with Crippen molar-refractivity contribution in [2.24, 2.45) is 0 Å². The molecular weight excluding hydrogens is 386 g/mol. The molecule has 1 unspecified atom stereocenters. The molecule has 1 atom stereocenters. The van der Waals surface area contributed by atoms with Gasteiger partial charge >= 0.3 is 5.97 Å². The first kappa shape index (κ1) is 21.1. The maximum atomic E-state index is 12.9. The van der Waals surface area contributed by atoms with Crippen molar-refractivity contribution in [2.45, 2.75) is 26.3 Å². The summed E-state index contributed by atoms with van der Waals surface area (Å²) in [4.78, 5) is 38.8. The minimum atomic E-state index is -0.812. The Morgan fingerprint density at radius 1 is 1.10 bits per heavy atom. The summed E-state index contributed by atoms with van der Waals surface area (Å²) in [6.07, 6.45) is 0.142. The van der Waals surface area contributed by atoms with Crippen molar-refractivity contribution in [3.63, 3.8) is 0 Å². The van der Waals surface area contributed by atoms with Crippen LogP contribution in [0, 0.1) is 0 Å². The van der Waals surface area contributed by atoms with Crippen LogP contribution in [0.2, 0.25) is 0 Å². The molecule has 2 aromatic carbocycles. The van der Waals surface area contributed by atoms with Crippen LogP contribution in [0.25, 0.3) is 0 Å². The van der Waals surface area contributed by atoms with Crippen LogP contribution in [0.15, 0.2) is 59.9 Å². The maximum absolute atomic E-state index is 12.9. The number of Topliss-reactive ketones (excluding diaryl/α,β-unsaturated/α-hetero) is 1. The van der Waals surface area contributed by atoms with E-state index in [-0.39, 0.29) is 24.4 Å². The lowest BCUT2D eigenvalue weighted by atomic mass is 9.94. The summed E-state index contributed by atoms with van der Waals surface area (Å²) in [6.45, 7) is 3.64. The van der Waals surface area contributed by atoms with Crippen molar-refractivity contribution in [3.05, 3.63) is 71.0 Å². The van der Waals surface area contributed by atoms with Crippen LogP contribution in [-0.2, 0) is 14.3 Å². The fraction of sp³-hybridized carbons (Fsp3) is 0.261. The highest BCUT2D eigenvalue weighted by Gasteiger charge is 2.43. The summed E-state index contributed by atoms with van der Waals surface area (Å²) in [7, 11) is 1.52. The molecule has 7 nitrogen and oxygen atoms in total. The van der Waals surface area contributed by atoms with Crippen molar-refractivity contribution in [3.8, 4) is 5.75 Å². The molecule has 0 radical (unpaired) electrons. The third kappa shape index (κ3) is 3.78. The molecule has 0 aromatic heterocycles. The number of aliphatic hydroxyl groups is 1. The van der Waals surface area contributed by atoms with Crippen molar-refractivity contribution in [2.75, 3.05) is 18.6 Å². The number of ketones is 1. The van der Waals surface area contributed by atoms with Gasteiger partial charge in [0.1, 0.15) is 5.75 Å². The second-order valence-corrected chi connectivity index (χ2v) is 6.66. The normalized spacial score (nSPS) is 16.0. The predicted octanol–water partition coefficient (Wildman–Crippen LogP) is 3.75. The van der Waals surface area contributed by atoms with Gasteiger partial charge in [-0.2, -0.15) is 0 Å². The van der Waals surface area contributed by atoms with E-state index in [1.807, 2.05) is 0 Å². The number of carbonyl (C=O) groups excluding carboxylic acids is 3.